The van der Waals surface area contributed by atoms with Crippen molar-refractivity contribution in [2.24, 2.45) is 0 Å². The van der Waals surface area contributed by atoms with Gasteiger partial charge in [0.15, 0.2) is 17.0 Å². The largest absolute Gasteiger partial charge is 0.433 e. The zero-order valence-corrected chi connectivity index (χ0v) is 17.8. The molecule has 4 heterocycles. The molecule has 3 aromatic heterocycles. The minimum absolute atomic E-state index is 0.00457. The molecule has 0 N–H and O–H groups in total. The Morgan fingerprint density at radius 2 is 1.85 bits per heavy atom. The van der Waals surface area contributed by atoms with Crippen LogP contribution in [-0.2, 0) is 6.18 Å². The van der Waals surface area contributed by atoms with Gasteiger partial charge in [-0.15, -0.1) is 0 Å². The molecule has 5 rings (SSSR count). The van der Waals surface area contributed by atoms with E-state index < -0.39 is 23.6 Å². The lowest BCUT2D eigenvalue weighted by Crippen LogP contribution is -2.38. The van der Waals surface area contributed by atoms with Crippen LogP contribution in [0.15, 0.2) is 60.9 Å². The lowest BCUT2D eigenvalue weighted by atomic mass is 9.96. The Morgan fingerprint density at radius 1 is 1.06 bits per heavy atom. The third-order valence-electron chi connectivity index (χ3n) is 5.91. The Balaban J connectivity index is 1.57. The van der Waals surface area contributed by atoms with E-state index in [1.54, 1.807) is 23.4 Å². The van der Waals surface area contributed by atoms with Gasteiger partial charge in [0.05, 0.1) is 11.7 Å². The molecule has 4 aromatic rings. The van der Waals surface area contributed by atoms with Crippen molar-refractivity contribution in [2.45, 2.75) is 31.5 Å². The van der Waals surface area contributed by atoms with Crippen LogP contribution in [0.5, 0.6) is 0 Å². The number of likely N-dealkylation sites (tertiary alicyclic amines) is 1. The quantitative estimate of drug-likeness (QED) is 0.381. The second-order valence-corrected chi connectivity index (χ2v) is 8.13. The molecule has 174 valence electrons. The van der Waals surface area contributed by atoms with Crippen molar-refractivity contribution in [2.75, 3.05) is 6.54 Å². The first-order valence-electron chi connectivity index (χ1n) is 10.8. The van der Waals surface area contributed by atoms with Gasteiger partial charge in [0.2, 0.25) is 0 Å². The molecule has 0 radical (unpaired) electrons. The smallest absolute Gasteiger partial charge is 0.330 e. The first-order chi connectivity index (χ1) is 16.3. The maximum Gasteiger partial charge on any atom is 0.433 e. The van der Waals surface area contributed by atoms with Crippen molar-refractivity contribution in [3.63, 3.8) is 0 Å². The van der Waals surface area contributed by atoms with E-state index in [4.69, 9.17) is 0 Å². The van der Waals surface area contributed by atoms with Crippen molar-refractivity contribution in [1.29, 1.82) is 0 Å². The summed E-state index contributed by atoms with van der Waals surface area (Å²) in [6.07, 6.45) is 1.03. The number of aromatic nitrogens is 4. The Hall–Kier alpha value is -3.82. The highest BCUT2D eigenvalue weighted by molar-refractivity contribution is 5.93. The molecule has 6 nitrogen and oxygen atoms in total. The molecule has 1 fully saturated rings. The highest BCUT2D eigenvalue weighted by atomic mass is 19.4. The van der Waals surface area contributed by atoms with Crippen LogP contribution in [0.1, 0.15) is 47.1 Å². The molecule has 1 amide bonds. The minimum atomic E-state index is -4.74. The van der Waals surface area contributed by atoms with Crippen LogP contribution in [0.4, 0.5) is 17.6 Å². The normalized spacial score (nSPS) is 16.7. The monoisotopic (exact) mass is 469 g/mol. The zero-order chi connectivity index (χ0) is 23.9. The molecule has 0 bridgehead atoms. The fourth-order valence-electron chi connectivity index (χ4n) is 4.29. The Labute approximate surface area is 191 Å². The Bertz CT molecular complexity index is 1340. The molecule has 1 aliphatic heterocycles. The second-order valence-electron chi connectivity index (χ2n) is 8.13. The van der Waals surface area contributed by atoms with Gasteiger partial charge >= 0.3 is 6.18 Å². The van der Waals surface area contributed by atoms with Crippen LogP contribution in [-0.4, -0.2) is 36.9 Å². The number of pyridine rings is 1. The maximum absolute atomic E-state index is 13.9. The molecule has 0 aliphatic carbocycles. The summed E-state index contributed by atoms with van der Waals surface area (Å²) in [6, 6.07) is 10.5. The zero-order valence-electron chi connectivity index (χ0n) is 17.8. The molecule has 1 aliphatic rings. The van der Waals surface area contributed by atoms with Gasteiger partial charge in [0, 0.05) is 30.6 Å². The van der Waals surface area contributed by atoms with Gasteiger partial charge in [-0.2, -0.15) is 18.3 Å². The van der Waals surface area contributed by atoms with Crippen molar-refractivity contribution in [3.8, 4) is 11.3 Å². The number of amides is 1. The number of piperidine rings is 1. The van der Waals surface area contributed by atoms with E-state index in [-0.39, 0.29) is 23.1 Å². The Kier molecular flexibility index (Phi) is 5.51. The number of halogens is 4. The summed E-state index contributed by atoms with van der Waals surface area (Å²) >= 11 is 0. The fraction of sp³-hybridized carbons (Fsp3) is 0.250. The Morgan fingerprint density at radius 3 is 2.56 bits per heavy atom. The molecule has 0 unspecified atom stereocenters. The predicted molar refractivity (Wildman–Crippen MR) is 115 cm³/mol. The average molecular weight is 469 g/mol. The topological polar surface area (TPSA) is 63.4 Å². The van der Waals surface area contributed by atoms with Crippen LogP contribution in [0, 0.1) is 5.82 Å². The third-order valence-corrected chi connectivity index (χ3v) is 5.91. The standard InChI is InChI=1S/C24H19F4N5O/c25-17-8-6-15(7-9-17)18-12-21(24(26,27)28)33-22(30-18)13-19(31-33)23(34)32-11-2-1-5-20(32)16-4-3-10-29-14-16/h3-4,6-10,12-14,20H,1-2,5,11H2/t20-/m0/s1. The van der Waals surface area contributed by atoms with E-state index in [1.165, 1.54) is 18.2 Å². The fourth-order valence-corrected chi connectivity index (χ4v) is 4.29. The molecule has 1 aromatic carbocycles. The average Bonchev–Trinajstić information content (AvgIpc) is 3.27. The van der Waals surface area contributed by atoms with E-state index in [0.29, 0.717) is 16.6 Å². The molecule has 0 saturated carbocycles. The summed E-state index contributed by atoms with van der Waals surface area (Å²) in [4.78, 5) is 23.4. The second kappa shape index (κ2) is 8.51. The van der Waals surface area contributed by atoms with Crippen molar-refractivity contribution in [1.82, 2.24) is 24.5 Å². The highest BCUT2D eigenvalue weighted by Gasteiger charge is 2.36. The number of nitrogens with zero attached hydrogens (tertiary/aromatic N) is 5. The summed E-state index contributed by atoms with van der Waals surface area (Å²) in [5.41, 5.74) is -0.121. The van der Waals surface area contributed by atoms with Gasteiger partial charge < -0.3 is 4.90 Å². The molecular weight excluding hydrogens is 450 g/mol. The minimum Gasteiger partial charge on any atom is -0.330 e. The number of carbonyl (C=O) groups excluding carboxylic acids is 1. The van der Waals surface area contributed by atoms with E-state index in [0.717, 1.165) is 43.0 Å². The summed E-state index contributed by atoms with van der Waals surface area (Å²) in [7, 11) is 0. The molecule has 34 heavy (non-hydrogen) atoms. The first kappa shape index (κ1) is 22.0. The summed E-state index contributed by atoms with van der Waals surface area (Å²) in [5, 5.41) is 4.00. The number of carbonyl (C=O) groups is 1. The SMILES string of the molecule is O=C(c1cc2nc(-c3ccc(F)cc3)cc(C(F)(F)F)n2n1)N1CCCC[C@H]1c1cccnc1. The lowest BCUT2D eigenvalue weighted by molar-refractivity contribution is -0.142. The summed E-state index contributed by atoms with van der Waals surface area (Å²) in [6.45, 7) is 0.465. The van der Waals surface area contributed by atoms with Crippen LogP contribution in [0.3, 0.4) is 0 Å². The van der Waals surface area contributed by atoms with Gasteiger partial charge in [-0.1, -0.05) is 6.07 Å². The number of alkyl halides is 3. The summed E-state index contributed by atoms with van der Waals surface area (Å²) < 4.78 is 55.6. The molecule has 1 saturated heterocycles. The number of benzene rings is 1. The van der Waals surface area contributed by atoms with Gasteiger partial charge in [-0.05, 0) is 61.2 Å². The molecular formula is C24H19F4N5O. The predicted octanol–water partition coefficient (Wildman–Crippen LogP) is 5.32. The molecule has 10 heteroatoms. The lowest BCUT2D eigenvalue weighted by Gasteiger charge is -2.35. The highest BCUT2D eigenvalue weighted by Crippen LogP contribution is 2.34. The van der Waals surface area contributed by atoms with Crippen molar-refractivity contribution >= 4 is 11.6 Å². The van der Waals surface area contributed by atoms with E-state index >= 15 is 0 Å². The molecule has 0 spiro atoms. The van der Waals surface area contributed by atoms with Crippen LogP contribution in [0.25, 0.3) is 16.9 Å². The van der Waals surface area contributed by atoms with Crippen LogP contribution >= 0.6 is 0 Å². The van der Waals surface area contributed by atoms with E-state index in [9.17, 15) is 22.4 Å². The number of hydrogen-bond donors (Lipinski definition) is 0. The summed E-state index contributed by atoms with van der Waals surface area (Å²) in [5.74, 6) is -0.974. The van der Waals surface area contributed by atoms with Crippen LogP contribution in [0.2, 0.25) is 0 Å². The van der Waals surface area contributed by atoms with Gasteiger partial charge in [0.25, 0.3) is 5.91 Å². The van der Waals surface area contributed by atoms with Crippen molar-refractivity contribution < 1.29 is 22.4 Å². The van der Waals surface area contributed by atoms with Crippen LogP contribution < -0.4 is 0 Å². The number of fused-ring (bicyclic) bond motifs is 1. The number of hydrogen-bond acceptors (Lipinski definition) is 4. The maximum atomic E-state index is 13.9. The molecule has 1 atom stereocenters. The first-order valence-corrected chi connectivity index (χ1v) is 10.8. The van der Waals surface area contributed by atoms with E-state index in [2.05, 4.69) is 15.1 Å². The van der Waals surface area contributed by atoms with Gasteiger partial charge in [-0.3, -0.25) is 9.78 Å². The van der Waals surface area contributed by atoms with E-state index in [1.807, 2.05) is 6.07 Å². The third kappa shape index (κ3) is 4.11. The van der Waals surface area contributed by atoms with Gasteiger partial charge in [-0.25, -0.2) is 13.9 Å². The van der Waals surface area contributed by atoms with Crippen molar-refractivity contribution in [3.05, 3.63) is 83.7 Å². The van der Waals surface area contributed by atoms with Gasteiger partial charge in [0.1, 0.15) is 5.82 Å². The number of rotatable bonds is 3.